The fourth-order valence-corrected chi connectivity index (χ4v) is 6.95. The van der Waals surface area contributed by atoms with Crippen LogP contribution in [0.3, 0.4) is 0 Å². The molecule has 0 fully saturated rings. The second-order valence-corrected chi connectivity index (χ2v) is 11.6. The summed E-state index contributed by atoms with van der Waals surface area (Å²) >= 11 is 0. The fourth-order valence-electron chi connectivity index (χ4n) is 6.95. The van der Waals surface area contributed by atoms with Crippen molar-refractivity contribution < 1.29 is 0 Å². The van der Waals surface area contributed by atoms with E-state index in [4.69, 9.17) is 4.98 Å². The summed E-state index contributed by atoms with van der Waals surface area (Å²) < 4.78 is 0. The summed E-state index contributed by atoms with van der Waals surface area (Å²) in [4.78, 5) is 4.82. The molecule has 0 atom stereocenters. The van der Waals surface area contributed by atoms with Gasteiger partial charge in [0.1, 0.15) is 0 Å². The van der Waals surface area contributed by atoms with E-state index in [-0.39, 0.29) is 5.41 Å². The van der Waals surface area contributed by atoms with Gasteiger partial charge in [0.2, 0.25) is 0 Å². The monoisotopic (exact) mass is 523 g/mol. The number of hydrogen-bond acceptors (Lipinski definition) is 1. The highest BCUT2D eigenvalue weighted by atomic mass is 14.7. The van der Waals surface area contributed by atoms with Crippen LogP contribution in [-0.4, -0.2) is 4.98 Å². The predicted molar refractivity (Wildman–Crippen MR) is 173 cm³/mol. The molecule has 1 heteroatoms. The highest BCUT2D eigenvalue weighted by molar-refractivity contribution is 6.21. The number of rotatable bonds is 3. The smallest absolute Gasteiger partial charge is 0.0714 e. The van der Waals surface area contributed by atoms with Crippen molar-refractivity contribution in [2.24, 2.45) is 0 Å². The van der Waals surface area contributed by atoms with E-state index in [1.807, 2.05) is 12.3 Å². The lowest BCUT2D eigenvalue weighted by Gasteiger charge is -2.23. The van der Waals surface area contributed by atoms with Gasteiger partial charge in [-0.1, -0.05) is 123 Å². The minimum atomic E-state index is -0.0589. The lowest BCUT2D eigenvalue weighted by Crippen LogP contribution is -2.14. The summed E-state index contributed by atoms with van der Waals surface area (Å²) in [6.07, 6.45) is 1.89. The first-order valence-corrected chi connectivity index (χ1v) is 14.3. The molecular weight excluding hydrogens is 494 g/mol. The largest absolute Gasteiger partial charge is 0.256 e. The number of aromatic nitrogens is 1. The van der Waals surface area contributed by atoms with E-state index in [1.54, 1.807) is 0 Å². The van der Waals surface area contributed by atoms with Gasteiger partial charge in [-0.3, -0.25) is 4.98 Å². The van der Waals surface area contributed by atoms with Crippen LogP contribution in [0.4, 0.5) is 0 Å². The number of benzene rings is 6. The summed E-state index contributed by atoms with van der Waals surface area (Å²) in [5.74, 6) is 0. The van der Waals surface area contributed by atoms with Crippen molar-refractivity contribution in [2.75, 3.05) is 0 Å². The van der Waals surface area contributed by atoms with Crippen LogP contribution in [0.1, 0.15) is 25.0 Å². The molecule has 0 N–H and O–H groups in total. The van der Waals surface area contributed by atoms with Gasteiger partial charge >= 0.3 is 0 Å². The van der Waals surface area contributed by atoms with Crippen molar-refractivity contribution in [2.45, 2.75) is 19.3 Å². The minimum Gasteiger partial charge on any atom is -0.256 e. The molecular formula is C40H29N. The minimum absolute atomic E-state index is 0.0589. The summed E-state index contributed by atoms with van der Waals surface area (Å²) in [5.41, 5.74) is 12.6. The van der Waals surface area contributed by atoms with Crippen LogP contribution in [0.25, 0.3) is 66.2 Å². The quantitative estimate of drug-likeness (QED) is 0.210. The van der Waals surface area contributed by atoms with Gasteiger partial charge in [0.05, 0.1) is 5.69 Å². The van der Waals surface area contributed by atoms with Gasteiger partial charge in [0.15, 0.2) is 0 Å². The third-order valence-electron chi connectivity index (χ3n) is 8.92. The molecule has 0 saturated heterocycles. The summed E-state index contributed by atoms with van der Waals surface area (Å²) in [7, 11) is 0. The van der Waals surface area contributed by atoms with Gasteiger partial charge in [0.25, 0.3) is 0 Å². The molecule has 0 spiro atoms. The second-order valence-electron chi connectivity index (χ2n) is 11.6. The third-order valence-corrected chi connectivity index (χ3v) is 8.92. The molecule has 0 saturated carbocycles. The van der Waals surface area contributed by atoms with Gasteiger partial charge in [0, 0.05) is 17.2 Å². The van der Waals surface area contributed by atoms with Crippen molar-refractivity contribution in [1.29, 1.82) is 0 Å². The van der Waals surface area contributed by atoms with Gasteiger partial charge in [-0.25, -0.2) is 0 Å². The molecule has 0 bridgehead atoms. The van der Waals surface area contributed by atoms with Crippen molar-refractivity contribution in [1.82, 2.24) is 4.98 Å². The Morgan fingerprint density at radius 3 is 1.90 bits per heavy atom. The Hall–Kier alpha value is -5.01. The summed E-state index contributed by atoms with van der Waals surface area (Å²) in [6, 6.07) is 48.6. The Balaban J connectivity index is 1.48. The van der Waals surface area contributed by atoms with Crippen molar-refractivity contribution in [3.8, 4) is 44.6 Å². The average Bonchev–Trinajstić information content (AvgIpc) is 3.26. The zero-order valence-corrected chi connectivity index (χ0v) is 23.2. The topological polar surface area (TPSA) is 12.9 Å². The number of fused-ring (bicyclic) bond motifs is 5. The van der Waals surface area contributed by atoms with Gasteiger partial charge in [-0.05, 0) is 90.3 Å². The van der Waals surface area contributed by atoms with Gasteiger partial charge < -0.3 is 0 Å². The second kappa shape index (κ2) is 9.01. The molecule has 6 aromatic carbocycles. The fraction of sp³-hybridized carbons (Fsp3) is 0.0750. The Kier molecular flexibility index (Phi) is 5.24. The van der Waals surface area contributed by atoms with Crippen LogP contribution in [-0.2, 0) is 5.41 Å². The van der Waals surface area contributed by atoms with Gasteiger partial charge in [-0.2, -0.15) is 0 Å². The van der Waals surface area contributed by atoms with Crippen LogP contribution in [0.15, 0.2) is 140 Å². The molecule has 1 heterocycles. The molecule has 7 aromatic rings. The van der Waals surface area contributed by atoms with E-state index in [9.17, 15) is 0 Å². The molecule has 8 rings (SSSR count). The average molecular weight is 524 g/mol. The standard InChI is InChI=1S/C40H29N/c1-40(2)35-17-9-8-14-29(35)30-21-20-28(25-36(30)40)38-31-15-6-7-16-32(31)39(37-18-10-11-23-41-37)33-22-19-27(24-34(33)38)26-12-4-3-5-13-26/h3-25H,1-2H3. The maximum Gasteiger partial charge on any atom is 0.0714 e. The molecule has 0 unspecified atom stereocenters. The van der Waals surface area contributed by atoms with Crippen LogP contribution in [0.5, 0.6) is 0 Å². The maximum absolute atomic E-state index is 4.82. The van der Waals surface area contributed by atoms with Crippen molar-refractivity contribution in [3.63, 3.8) is 0 Å². The molecule has 0 amide bonds. The van der Waals surface area contributed by atoms with Crippen LogP contribution < -0.4 is 0 Å². The maximum atomic E-state index is 4.82. The lowest BCUT2D eigenvalue weighted by atomic mass is 9.80. The normalized spacial score (nSPS) is 13.3. The summed E-state index contributed by atoms with van der Waals surface area (Å²) in [6.45, 7) is 4.71. The van der Waals surface area contributed by atoms with E-state index in [1.165, 1.54) is 71.6 Å². The molecule has 1 aromatic heterocycles. The highest BCUT2D eigenvalue weighted by Gasteiger charge is 2.35. The zero-order chi connectivity index (χ0) is 27.6. The predicted octanol–water partition coefficient (Wildman–Crippen LogP) is 10.7. The zero-order valence-electron chi connectivity index (χ0n) is 23.2. The molecule has 1 nitrogen and oxygen atoms in total. The van der Waals surface area contributed by atoms with E-state index in [2.05, 4.69) is 141 Å². The number of nitrogens with zero attached hydrogens (tertiary/aromatic N) is 1. The first-order chi connectivity index (χ1) is 20.1. The Labute approximate surface area is 240 Å². The van der Waals surface area contributed by atoms with E-state index in [0.29, 0.717) is 0 Å². The summed E-state index contributed by atoms with van der Waals surface area (Å²) in [5, 5.41) is 4.95. The Morgan fingerprint density at radius 1 is 0.439 bits per heavy atom. The van der Waals surface area contributed by atoms with Crippen LogP contribution in [0, 0.1) is 0 Å². The van der Waals surface area contributed by atoms with Crippen LogP contribution >= 0.6 is 0 Å². The van der Waals surface area contributed by atoms with Crippen molar-refractivity contribution in [3.05, 3.63) is 151 Å². The lowest BCUT2D eigenvalue weighted by molar-refractivity contribution is 0.660. The van der Waals surface area contributed by atoms with E-state index < -0.39 is 0 Å². The van der Waals surface area contributed by atoms with E-state index >= 15 is 0 Å². The molecule has 1 aliphatic rings. The van der Waals surface area contributed by atoms with Crippen molar-refractivity contribution >= 4 is 21.5 Å². The highest BCUT2D eigenvalue weighted by Crippen LogP contribution is 2.51. The van der Waals surface area contributed by atoms with Crippen LogP contribution in [0.2, 0.25) is 0 Å². The first kappa shape index (κ1) is 23.8. The molecule has 0 radical (unpaired) electrons. The molecule has 0 aliphatic heterocycles. The number of pyridine rings is 1. The molecule has 41 heavy (non-hydrogen) atoms. The Morgan fingerprint density at radius 2 is 1.10 bits per heavy atom. The van der Waals surface area contributed by atoms with Gasteiger partial charge in [-0.15, -0.1) is 0 Å². The first-order valence-electron chi connectivity index (χ1n) is 14.3. The van der Waals surface area contributed by atoms with E-state index in [0.717, 1.165) is 5.69 Å². The number of hydrogen-bond donors (Lipinski definition) is 0. The molecule has 1 aliphatic carbocycles. The SMILES string of the molecule is CC1(C)c2ccccc2-c2ccc(-c3c4ccccc4c(-c4ccccn4)c4ccc(-c5ccccc5)cc34)cc21. The Bertz CT molecular complexity index is 2100. The third kappa shape index (κ3) is 3.59. The molecule has 194 valence electrons.